The number of hydrogen-bond donors (Lipinski definition) is 2. The predicted molar refractivity (Wildman–Crippen MR) is 140 cm³/mol. The fraction of sp³-hybridized carbons (Fsp3) is 0.148. The second kappa shape index (κ2) is 10.7. The van der Waals surface area contributed by atoms with Crippen LogP contribution in [0.1, 0.15) is 28.4 Å². The molecule has 3 heterocycles. The maximum absolute atomic E-state index is 13.6. The first-order chi connectivity index (χ1) is 18.8. The van der Waals surface area contributed by atoms with Crippen molar-refractivity contribution in [2.75, 3.05) is 12.4 Å². The van der Waals surface area contributed by atoms with Crippen molar-refractivity contribution in [1.82, 2.24) is 30.2 Å². The largest absolute Gasteiger partial charge is 0.319 e. The third-order valence-electron chi connectivity index (χ3n) is 6.15. The topological polar surface area (TPSA) is 145 Å². The Kier molecular flexibility index (Phi) is 7.02. The Morgan fingerprint density at radius 2 is 1.77 bits per heavy atom. The molecule has 5 rings (SSSR count). The Bertz CT molecular complexity index is 1750. The lowest BCUT2D eigenvalue weighted by atomic mass is 10.0. The van der Waals surface area contributed by atoms with Gasteiger partial charge < -0.3 is 10.6 Å². The van der Waals surface area contributed by atoms with Gasteiger partial charge in [0.25, 0.3) is 5.56 Å². The van der Waals surface area contributed by atoms with E-state index in [2.05, 4.69) is 30.9 Å². The summed E-state index contributed by atoms with van der Waals surface area (Å²) in [5.41, 5.74) is 2.15. The molecule has 0 fully saturated rings. The number of halogens is 1. The fourth-order valence-electron chi connectivity index (χ4n) is 3.90. The standard InChI is InChI=1S/C27H22FN7O4/c1-15(29-2)26(37)32-23-13-31-25(18-5-8-21-22(10-18)34-39-33-21)35(27(23)38)14-16-9-19(12-30-11-16)24(36)17-3-6-20(28)7-4-17/h3-13,15,29H,14H2,1-2H3,(H,32,37). The van der Waals surface area contributed by atoms with E-state index < -0.39 is 23.3 Å². The summed E-state index contributed by atoms with van der Waals surface area (Å²) in [6.45, 7) is 1.64. The van der Waals surface area contributed by atoms with Crippen LogP contribution >= 0.6 is 0 Å². The number of nitrogens with one attached hydrogen (secondary N) is 2. The van der Waals surface area contributed by atoms with Gasteiger partial charge in [-0.3, -0.25) is 23.9 Å². The van der Waals surface area contributed by atoms with Gasteiger partial charge in [0.15, 0.2) is 5.78 Å². The van der Waals surface area contributed by atoms with E-state index in [4.69, 9.17) is 4.63 Å². The van der Waals surface area contributed by atoms with Gasteiger partial charge in [-0.1, -0.05) is 0 Å². The molecular formula is C27H22FN7O4. The maximum atomic E-state index is 13.6. The Hall–Kier alpha value is -5.10. The number of anilines is 1. The van der Waals surface area contributed by atoms with Crippen LogP contribution in [0, 0.1) is 5.82 Å². The molecule has 39 heavy (non-hydrogen) atoms. The van der Waals surface area contributed by atoms with Gasteiger partial charge in [-0.05, 0) is 78.4 Å². The number of aromatic nitrogens is 5. The Labute approximate surface area is 220 Å². The minimum Gasteiger partial charge on any atom is -0.319 e. The number of rotatable bonds is 8. The lowest BCUT2D eigenvalue weighted by Gasteiger charge is -2.16. The van der Waals surface area contributed by atoms with Crippen LogP contribution in [0.5, 0.6) is 0 Å². The highest BCUT2D eigenvalue weighted by molar-refractivity contribution is 6.08. The number of carbonyl (C=O) groups is 2. The van der Waals surface area contributed by atoms with E-state index in [1.807, 2.05) is 0 Å². The van der Waals surface area contributed by atoms with Crippen molar-refractivity contribution in [3.05, 3.63) is 100.0 Å². The Morgan fingerprint density at radius 1 is 1.00 bits per heavy atom. The van der Waals surface area contributed by atoms with Gasteiger partial charge in [0.05, 0.1) is 18.8 Å². The molecule has 0 saturated carbocycles. The molecule has 0 radical (unpaired) electrons. The maximum Gasteiger partial charge on any atom is 0.277 e. The fourth-order valence-corrected chi connectivity index (χ4v) is 3.90. The summed E-state index contributed by atoms with van der Waals surface area (Å²) >= 11 is 0. The number of fused-ring (bicyclic) bond motifs is 1. The van der Waals surface area contributed by atoms with Gasteiger partial charge in [0.1, 0.15) is 28.4 Å². The number of pyridine rings is 1. The van der Waals surface area contributed by atoms with E-state index in [0.29, 0.717) is 33.5 Å². The number of carbonyl (C=O) groups excluding carboxylic acids is 2. The second-order valence-corrected chi connectivity index (χ2v) is 8.77. The number of amides is 1. The van der Waals surface area contributed by atoms with Gasteiger partial charge in [0.2, 0.25) is 5.91 Å². The molecule has 12 heteroatoms. The van der Waals surface area contributed by atoms with Gasteiger partial charge in [-0.2, -0.15) is 0 Å². The van der Waals surface area contributed by atoms with E-state index in [0.717, 1.165) is 0 Å². The normalized spacial score (nSPS) is 11.9. The highest BCUT2D eigenvalue weighted by Crippen LogP contribution is 2.22. The quantitative estimate of drug-likeness (QED) is 0.291. The molecule has 0 aliphatic carbocycles. The van der Waals surface area contributed by atoms with Crippen LogP contribution in [0.25, 0.3) is 22.4 Å². The molecule has 1 atom stereocenters. The summed E-state index contributed by atoms with van der Waals surface area (Å²) in [6, 6.07) is 11.3. The minimum absolute atomic E-state index is 0.0125. The monoisotopic (exact) mass is 527 g/mol. The molecule has 0 saturated heterocycles. The van der Waals surface area contributed by atoms with Crippen LogP contribution in [0.4, 0.5) is 10.1 Å². The number of hydrogen-bond acceptors (Lipinski definition) is 9. The second-order valence-electron chi connectivity index (χ2n) is 8.77. The molecule has 0 spiro atoms. The highest BCUT2D eigenvalue weighted by Gasteiger charge is 2.19. The Balaban J connectivity index is 1.56. The summed E-state index contributed by atoms with van der Waals surface area (Å²) in [5.74, 6) is -0.909. The van der Waals surface area contributed by atoms with E-state index in [-0.39, 0.29) is 23.6 Å². The van der Waals surface area contributed by atoms with E-state index >= 15 is 0 Å². The lowest BCUT2D eigenvalue weighted by Crippen LogP contribution is -2.38. The van der Waals surface area contributed by atoms with Crippen molar-refractivity contribution in [2.45, 2.75) is 19.5 Å². The summed E-state index contributed by atoms with van der Waals surface area (Å²) in [7, 11) is 1.63. The first kappa shape index (κ1) is 25.5. The zero-order valence-corrected chi connectivity index (χ0v) is 20.9. The summed E-state index contributed by atoms with van der Waals surface area (Å²) in [6.07, 6.45) is 4.22. The summed E-state index contributed by atoms with van der Waals surface area (Å²) in [4.78, 5) is 47.7. The van der Waals surface area contributed by atoms with E-state index in [1.54, 1.807) is 38.2 Å². The molecule has 0 aliphatic heterocycles. The molecule has 3 aromatic heterocycles. The first-order valence-corrected chi connectivity index (χ1v) is 11.9. The third kappa shape index (κ3) is 5.31. The van der Waals surface area contributed by atoms with Gasteiger partial charge in [0, 0.05) is 29.1 Å². The van der Waals surface area contributed by atoms with Crippen LogP contribution < -0.4 is 16.2 Å². The molecule has 1 amide bonds. The first-order valence-electron chi connectivity index (χ1n) is 11.9. The molecule has 1 unspecified atom stereocenters. The molecule has 0 bridgehead atoms. The van der Waals surface area contributed by atoms with Gasteiger partial charge in [-0.25, -0.2) is 14.0 Å². The molecule has 0 aliphatic rings. The summed E-state index contributed by atoms with van der Waals surface area (Å²) < 4.78 is 19.5. The van der Waals surface area contributed by atoms with Crippen molar-refractivity contribution in [3.8, 4) is 11.4 Å². The molecule has 196 valence electrons. The number of likely N-dealkylation sites (N-methyl/N-ethyl adjacent to an activating group) is 1. The van der Waals surface area contributed by atoms with Gasteiger partial charge in [-0.15, -0.1) is 0 Å². The highest BCUT2D eigenvalue weighted by atomic mass is 19.1. The van der Waals surface area contributed by atoms with Crippen molar-refractivity contribution in [1.29, 1.82) is 0 Å². The third-order valence-corrected chi connectivity index (χ3v) is 6.15. The van der Waals surface area contributed by atoms with Crippen LogP contribution in [0.3, 0.4) is 0 Å². The molecule has 2 aromatic carbocycles. The SMILES string of the molecule is CNC(C)C(=O)Nc1cnc(-c2ccc3nonc3c2)n(Cc2cncc(C(=O)c3ccc(F)cc3)c2)c1=O. The molecule has 5 aromatic rings. The molecule has 2 N–H and O–H groups in total. The predicted octanol–water partition coefficient (Wildman–Crippen LogP) is 2.81. The smallest absolute Gasteiger partial charge is 0.277 e. The lowest BCUT2D eigenvalue weighted by molar-refractivity contribution is -0.117. The van der Waals surface area contributed by atoms with E-state index in [9.17, 15) is 18.8 Å². The number of nitrogens with zero attached hydrogens (tertiary/aromatic N) is 5. The Morgan fingerprint density at radius 3 is 2.54 bits per heavy atom. The molecule has 11 nitrogen and oxygen atoms in total. The van der Waals surface area contributed by atoms with Crippen LogP contribution in [-0.4, -0.2) is 49.6 Å². The minimum atomic E-state index is -0.544. The van der Waals surface area contributed by atoms with Crippen molar-refractivity contribution < 1.29 is 18.6 Å². The van der Waals surface area contributed by atoms with Crippen LogP contribution in [0.15, 0.2) is 76.5 Å². The van der Waals surface area contributed by atoms with Crippen LogP contribution in [0.2, 0.25) is 0 Å². The van der Waals surface area contributed by atoms with Crippen molar-refractivity contribution in [2.24, 2.45) is 0 Å². The van der Waals surface area contributed by atoms with Gasteiger partial charge >= 0.3 is 0 Å². The number of benzene rings is 2. The zero-order valence-electron chi connectivity index (χ0n) is 20.9. The average molecular weight is 528 g/mol. The van der Waals surface area contributed by atoms with E-state index in [1.165, 1.54) is 47.4 Å². The van der Waals surface area contributed by atoms with Crippen LogP contribution in [-0.2, 0) is 11.3 Å². The van der Waals surface area contributed by atoms with Crippen molar-refractivity contribution in [3.63, 3.8) is 0 Å². The van der Waals surface area contributed by atoms with Crippen molar-refractivity contribution >= 4 is 28.4 Å². The zero-order chi connectivity index (χ0) is 27.5. The number of ketones is 1. The average Bonchev–Trinajstić information content (AvgIpc) is 3.43. The molecular weight excluding hydrogens is 505 g/mol. The summed E-state index contributed by atoms with van der Waals surface area (Å²) in [5, 5.41) is 13.1.